The molecule has 0 bridgehead atoms. The fourth-order valence-corrected chi connectivity index (χ4v) is 3.73. The summed E-state index contributed by atoms with van der Waals surface area (Å²) in [5.74, 6) is -1.79. The van der Waals surface area contributed by atoms with E-state index in [9.17, 15) is 29.1 Å². The van der Waals surface area contributed by atoms with Crippen LogP contribution in [0.3, 0.4) is 0 Å². The number of aldehydes is 1. The molecule has 0 spiro atoms. The first-order valence-electron chi connectivity index (χ1n) is 11.2. The van der Waals surface area contributed by atoms with Crippen molar-refractivity contribution in [2.45, 2.75) is 90.6 Å². The Morgan fingerprint density at radius 2 is 1.79 bits per heavy atom. The zero-order valence-corrected chi connectivity index (χ0v) is 20.3. The average molecular weight is 471 g/mol. The Morgan fingerprint density at radius 3 is 2.24 bits per heavy atom. The van der Waals surface area contributed by atoms with Crippen LogP contribution in [0, 0.1) is 11.8 Å². The summed E-state index contributed by atoms with van der Waals surface area (Å²) in [6.07, 6.45) is -0.622. The van der Waals surface area contributed by atoms with E-state index in [1.807, 2.05) is 13.8 Å². The summed E-state index contributed by atoms with van der Waals surface area (Å²) in [5.41, 5.74) is -0.628. The van der Waals surface area contributed by atoms with Crippen LogP contribution in [-0.2, 0) is 23.9 Å². The van der Waals surface area contributed by atoms with E-state index in [4.69, 9.17) is 4.74 Å². The van der Waals surface area contributed by atoms with E-state index in [2.05, 4.69) is 21.3 Å². The Balaban J connectivity index is 2.93. The number of nitrogens with one attached hydrogen (secondary N) is 4. The number of rotatable bonds is 12. The second kappa shape index (κ2) is 12.5. The lowest BCUT2D eigenvalue weighted by Crippen LogP contribution is -2.59. The monoisotopic (exact) mass is 470 g/mol. The van der Waals surface area contributed by atoms with Crippen molar-refractivity contribution in [3.8, 4) is 0 Å². The van der Waals surface area contributed by atoms with Crippen molar-refractivity contribution in [3.63, 3.8) is 0 Å². The zero-order chi connectivity index (χ0) is 25.3. The molecule has 1 fully saturated rings. The first-order valence-corrected chi connectivity index (χ1v) is 11.2. The van der Waals surface area contributed by atoms with E-state index < -0.39 is 47.7 Å². The number of hydrogen-bond acceptors (Lipinski definition) is 6. The van der Waals surface area contributed by atoms with Gasteiger partial charge in [0, 0.05) is 12.5 Å². The molecule has 11 heteroatoms. The Kier molecular flexibility index (Phi) is 10.8. The van der Waals surface area contributed by atoms with Gasteiger partial charge in [0.2, 0.25) is 17.7 Å². The predicted molar refractivity (Wildman–Crippen MR) is 120 cm³/mol. The van der Waals surface area contributed by atoms with E-state index in [-0.39, 0.29) is 30.6 Å². The minimum atomic E-state index is -1.40. The number of amides is 4. The van der Waals surface area contributed by atoms with Gasteiger partial charge in [-0.15, -0.1) is 0 Å². The molecule has 1 aliphatic heterocycles. The van der Waals surface area contributed by atoms with E-state index in [1.165, 1.54) is 0 Å². The quantitative estimate of drug-likeness (QED) is 0.260. The molecule has 5 N–H and O–H groups in total. The topological polar surface area (TPSA) is 163 Å². The minimum Gasteiger partial charge on any atom is -0.465 e. The van der Waals surface area contributed by atoms with Gasteiger partial charge in [0.25, 0.3) is 0 Å². The molecule has 1 rings (SSSR count). The van der Waals surface area contributed by atoms with E-state index in [0.717, 1.165) is 0 Å². The fraction of sp³-hybridized carbons (Fsp3) is 0.773. The first kappa shape index (κ1) is 28.3. The van der Waals surface area contributed by atoms with Crippen LogP contribution in [0.5, 0.6) is 0 Å². The van der Waals surface area contributed by atoms with Crippen LogP contribution in [0.25, 0.3) is 0 Å². The Labute approximate surface area is 194 Å². The number of carboxylic acid groups (broad SMARTS) is 1. The van der Waals surface area contributed by atoms with Gasteiger partial charge < -0.3 is 35.9 Å². The Bertz CT molecular complexity index is 720. The highest BCUT2D eigenvalue weighted by atomic mass is 16.5. The summed E-state index contributed by atoms with van der Waals surface area (Å²) in [6.45, 7) is 11.2. The number of carbonyl (C=O) groups is 5. The molecule has 1 heterocycles. The highest BCUT2D eigenvalue weighted by Crippen LogP contribution is 2.17. The number of carbonyl (C=O) groups excluding carboxylic acids is 4. The van der Waals surface area contributed by atoms with E-state index in [0.29, 0.717) is 19.3 Å². The van der Waals surface area contributed by atoms with E-state index in [1.54, 1.807) is 27.7 Å². The number of ether oxygens (including phenoxy) is 1. The van der Waals surface area contributed by atoms with Crippen LogP contribution in [0.4, 0.5) is 4.79 Å². The van der Waals surface area contributed by atoms with Gasteiger partial charge in [0.05, 0.1) is 17.7 Å². The lowest BCUT2D eigenvalue weighted by molar-refractivity contribution is -0.135. The van der Waals surface area contributed by atoms with Crippen LogP contribution in [0.1, 0.15) is 60.8 Å². The molecule has 4 amide bonds. The molecular formula is C22H38N4O7. The maximum Gasteiger partial charge on any atom is 0.405 e. The summed E-state index contributed by atoms with van der Waals surface area (Å²) in [6, 6.07) is -3.14. The minimum absolute atomic E-state index is 0.0190. The van der Waals surface area contributed by atoms with Crippen molar-refractivity contribution in [2.75, 3.05) is 6.54 Å². The van der Waals surface area contributed by atoms with Gasteiger partial charge >= 0.3 is 6.09 Å². The molecule has 1 aliphatic rings. The van der Waals surface area contributed by atoms with Gasteiger partial charge in [0.15, 0.2) is 0 Å². The van der Waals surface area contributed by atoms with Crippen LogP contribution >= 0.6 is 0 Å². The summed E-state index contributed by atoms with van der Waals surface area (Å²) in [5, 5.41) is 19.2. The molecule has 0 aliphatic carbocycles. The molecule has 0 aromatic rings. The lowest BCUT2D eigenvalue weighted by Gasteiger charge is -2.31. The number of hydrogen-bond donors (Lipinski definition) is 5. The molecule has 0 saturated carbocycles. The fourth-order valence-electron chi connectivity index (χ4n) is 3.73. The van der Waals surface area contributed by atoms with Crippen molar-refractivity contribution >= 4 is 30.1 Å². The van der Waals surface area contributed by atoms with Gasteiger partial charge in [-0.2, -0.15) is 0 Å². The summed E-state index contributed by atoms with van der Waals surface area (Å²) < 4.78 is 5.74. The predicted octanol–water partition coefficient (Wildman–Crippen LogP) is 0.567. The zero-order valence-electron chi connectivity index (χ0n) is 20.3. The van der Waals surface area contributed by atoms with Crippen LogP contribution in [0.15, 0.2) is 0 Å². The molecule has 11 nitrogen and oxygen atoms in total. The highest BCUT2D eigenvalue weighted by Gasteiger charge is 2.34. The van der Waals surface area contributed by atoms with Crippen molar-refractivity contribution in [2.24, 2.45) is 11.8 Å². The molecule has 0 aromatic heterocycles. The molecule has 33 heavy (non-hydrogen) atoms. The van der Waals surface area contributed by atoms with Gasteiger partial charge in [-0.3, -0.25) is 14.4 Å². The summed E-state index contributed by atoms with van der Waals surface area (Å²) in [4.78, 5) is 60.5. The van der Waals surface area contributed by atoms with Gasteiger partial charge in [-0.1, -0.05) is 13.8 Å². The summed E-state index contributed by atoms with van der Waals surface area (Å²) >= 11 is 0. The van der Waals surface area contributed by atoms with Crippen molar-refractivity contribution in [1.82, 2.24) is 21.3 Å². The van der Waals surface area contributed by atoms with Gasteiger partial charge in [-0.05, 0) is 52.9 Å². The largest absolute Gasteiger partial charge is 0.465 e. The maximum absolute atomic E-state index is 13.0. The Hall–Kier alpha value is -2.69. The third-order valence-corrected chi connectivity index (χ3v) is 5.10. The molecule has 0 aromatic carbocycles. The molecule has 1 saturated heterocycles. The highest BCUT2D eigenvalue weighted by molar-refractivity contribution is 5.92. The van der Waals surface area contributed by atoms with Crippen LogP contribution < -0.4 is 21.3 Å². The third-order valence-electron chi connectivity index (χ3n) is 5.10. The molecular weight excluding hydrogens is 432 g/mol. The third kappa shape index (κ3) is 10.2. The Morgan fingerprint density at radius 1 is 1.15 bits per heavy atom. The van der Waals surface area contributed by atoms with Gasteiger partial charge in [0.1, 0.15) is 18.4 Å². The van der Waals surface area contributed by atoms with Crippen LogP contribution in [0.2, 0.25) is 0 Å². The summed E-state index contributed by atoms with van der Waals surface area (Å²) in [7, 11) is 0. The maximum atomic E-state index is 13.0. The molecule has 0 radical (unpaired) electrons. The first-order chi connectivity index (χ1) is 15.2. The normalized spacial score (nSPS) is 19.7. The molecule has 188 valence electrons. The second-order valence-corrected chi connectivity index (χ2v) is 9.82. The van der Waals surface area contributed by atoms with Crippen molar-refractivity contribution < 1.29 is 33.8 Å². The van der Waals surface area contributed by atoms with Crippen molar-refractivity contribution in [3.05, 3.63) is 0 Å². The SMILES string of the molecule is CC(C)C[C@H](NC(=O)[C@@H](NC(=O)O)[C@H](C)OC(C)(C)C)C(=O)N[C@H](C=O)C[C@@H]1CCNC1=O. The standard InChI is InChI=1S/C22H38N4O7/c1-12(2)9-16(19(29)24-15(11-27)10-14-7-8-23-18(14)28)25-20(30)17(26-21(31)32)13(3)33-22(4,5)6/h11-17,26H,7-10H2,1-6H3,(H,23,28)(H,24,29)(H,25,30)(H,31,32)/t13-,14-,15-,16-,17-/m0/s1. The van der Waals surface area contributed by atoms with Crippen molar-refractivity contribution in [1.29, 1.82) is 0 Å². The molecule has 5 atom stereocenters. The van der Waals surface area contributed by atoms with Gasteiger partial charge in [-0.25, -0.2) is 4.79 Å². The van der Waals surface area contributed by atoms with E-state index >= 15 is 0 Å². The average Bonchev–Trinajstić information content (AvgIpc) is 3.07. The van der Waals surface area contributed by atoms with Crippen LogP contribution in [-0.4, -0.2) is 71.6 Å². The lowest BCUT2D eigenvalue weighted by atomic mass is 9.97. The molecule has 0 unspecified atom stereocenters. The smallest absolute Gasteiger partial charge is 0.405 e. The second-order valence-electron chi connectivity index (χ2n) is 9.82.